The number of fused-ring (bicyclic) bond motifs is 1. The van der Waals surface area contributed by atoms with E-state index in [0.717, 1.165) is 6.42 Å². The molecule has 13 heavy (non-hydrogen) atoms. The maximum atomic E-state index is 9.99. The quantitative estimate of drug-likeness (QED) is 0.532. The minimum Gasteiger partial charge on any atom is -0.384 e. The Hall–Kier alpha value is -0.380. The molecular weight excluding hydrogens is 168 g/mol. The third-order valence-corrected chi connectivity index (χ3v) is 2.69. The number of ether oxygens (including phenoxy) is 2. The number of aliphatic hydroxyl groups is 1. The van der Waals surface area contributed by atoms with Gasteiger partial charge in [0.1, 0.15) is 5.60 Å². The van der Waals surface area contributed by atoms with E-state index >= 15 is 0 Å². The zero-order valence-corrected chi connectivity index (χ0v) is 8.33. The van der Waals surface area contributed by atoms with Gasteiger partial charge in [0.15, 0.2) is 0 Å². The van der Waals surface area contributed by atoms with Crippen LogP contribution in [0.1, 0.15) is 33.6 Å². The molecule has 2 heterocycles. The number of rotatable bonds is 4. The molecule has 0 radical (unpaired) electrons. The van der Waals surface area contributed by atoms with Gasteiger partial charge in [-0.1, -0.05) is 11.6 Å². The van der Waals surface area contributed by atoms with Crippen molar-refractivity contribution in [2.24, 2.45) is 0 Å². The highest BCUT2D eigenvalue weighted by Crippen LogP contribution is 2.63. The van der Waals surface area contributed by atoms with Crippen LogP contribution in [0.3, 0.4) is 0 Å². The van der Waals surface area contributed by atoms with Gasteiger partial charge in [-0.2, -0.15) is 0 Å². The van der Waals surface area contributed by atoms with Crippen molar-refractivity contribution in [3.05, 3.63) is 11.6 Å². The predicted octanol–water partition coefficient (Wildman–Crippen LogP) is 1.57. The van der Waals surface area contributed by atoms with Gasteiger partial charge in [0, 0.05) is 0 Å². The normalized spacial score (nSPS) is 38.9. The highest BCUT2D eigenvalue weighted by atomic mass is 17.0. The molecule has 0 aliphatic carbocycles. The van der Waals surface area contributed by atoms with Crippen molar-refractivity contribution in [3.8, 4) is 0 Å². The third-order valence-electron chi connectivity index (χ3n) is 2.69. The molecule has 2 rings (SSSR count). The van der Waals surface area contributed by atoms with Crippen LogP contribution in [0.25, 0.3) is 0 Å². The molecule has 0 saturated carbocycles. The second-order valence-electron chi connectivity index (χ2n) is 4.33. The van der Waals surface area contributed by atoms with E-state index in [1.807, 2.05) is 0 Å². The van der Waals surface area contributed by atoms with Gasteiger partial charge in [0.05, 0.1) is 0 Å². The van der Waals surface area contributed by atoms with Gasteiger partial charge in [-0.05, 0) is 33.6 Å². The Bertz CT molecular complexity index is 245. The molecule has 0 spiro atoms. The molecule has 1 atom stereocenters. The smallest absolute Gasteiger partial charge is 0.255 e. The lowest BCUT2D eigenvalue weighted by atomic mass is 9.95. The molecule has 2 aliphatic rings. The van der Waals surface area contributed by atoms with E-state index in [4.69, 9.17) is 9.47 Å². The van der Waals surface area contributed by atoms with Crippen molar-refractivity contribution in [2.75, 3.05) is 0 Å². The first-order valence-corrected chi connectivity index (χ1v) is 4.69. The monoisotopic (exact) mass is 184 g/mol. The van der Waals surface area contributed by atoms with Crippen molar-refractivity contribution >= 4 is 0 Å². The predicted molar refractivity (Wildman–Crippen MR) is 48.0 cm³/mol. The highest BCUT2D eigenvalue weighted by Gasteiger charge is 2.84. The van der Waals surface area contributed by atoms with Gasteiger partial charge >= 0.3 is 0 Å². The molecule has 74 valence electrons. The van der Waals surface area contributed by atoms with Gasteiger partial charge < -0.3 is 14.6 Å². The minimum absolute atomic E-state index is 0.116. The van der Waals surface area contributed by atoms with E-state index in [2.05, 4.69) is 19.9 Å². The van der Waals surface area contributed by atoms with Gasteiger partial charge in [-0.25, -0.2) is 0 Å². The Balaban J connectivity index is 1.83. The van der Waals surface area contributed by atoms with Crippen LogP contribution in [-0.4, -0.2) is 22.8 Å². The Morgan fingerprint density at radius 1 is 1.54 bits per heavy atom. The minimum atomic E-state index is -0.830. The molecule has 0 aromatic heterocycles. The standard InChI is InChI=1S/C10H16O3/c1-7(2)5-4-6-9(3,11)10-8(12-10)13-10/h5,8,11H,4,6H2,1-3H3. The summed E-state index contributed by atoms with van der Waals surface area (Å²) >= 11 is 0. The second kappa shape index (κ2) is 2.56. The first-order chi connectivity index (χ1) is 5.98. The van der Waals surface area contributed by atoms with E-state index in [9.17, 15) is 5.11 Å². The molecule has 0 aromatic rings. The van der Waals surface area contributed by atoms with E-state index in [1.165, 1.54) is 5.57 Å². The zero-order chi connectivity index (χ0) is 9.69. The Morgan fingerprint density at radius 2 is 2.08 bits per heavy atom. The maximum Gasteiger partial charge on any atom is 0.255 e. The summed E-state index contributed by atoms with van der Waals surface area (Å²) in [5, 5.41) is 9.99. The van der Waals surface area contributed by atoms with Crippen LogP contribution in [0.15, 0.2) is 11.6 Å². The van der Waals surface area contributed by atoms with Crippen molar-refractivity contribution in [1.29, 1.82) is 0 Å². The summed E-state index contributed by atoms with van der Waals surface area (Å²) in [4.78, 5) is 0. The summed E-state index contributed by atoms with van der Waals surface area (Å²) in [5.41, 5.74) is 0.446. The Kier molecular flexibility index (Phi) is 1.81. The summed E-state index contributed by atoms with van der Waals surface area (Å²) in [7, 11) is 0. The molecule has 1 N–H and O–H groups in total. The van der Waals surface area contributed by atoms with E-state index in [-0.39, 0.29) is 6.29 Å². The van der Waals surface area contributed by atoms with Crippen LogP contribution in [0.4, 0.5) is 0 Å². The van der Waals surface area contributed by atoms with Crippen molar-refractivity contribution in [1.82, 2.24) is 0 Å². The molecule has 0 bridgehead atoms. The van der Waals surface area contributed by atoms with E-state index in [1.54, 1.807) is 6.92 Å². The summed E-state index contributed by atoms with van der Waals surface area (Å²) in [6.07, 6.45) is 3.56. The zero-order valence-electron chi connectivity index (χ0n) is 8.33. The highest BCUT2D eigenvalue weighted by molar-refractivity contribution is 5.15. The molecule has 2 saturated heterocycles. The number of epoxide rings is 2. The molecule has 3 heteroatoms. The summed E-state index contributed by atoms with van der Waals surface area (Å²) in [6.45, 7) is 5.88. The lowest BCUT2D eigenvalue weighted by molar-refractivity contribution is -0.151. The van der Waals surface area contributed by atoms with Crippen LogP contribution in [0.5, 0.6) is 0 Å². The first kappa shape index (κ1) is 9.19. The lowest BCUT2D eigenvalue weighted by Crippen LogP contribution is -2.36. The van der Waals surface area contributed by atoms with Crippen molar-refractivity contribution < 1.29 is 14.6 Å². The largest absolute Gasteiger partial charge is 0.384 e. The first-order valence-electron chi connectivity index (χ1n) is 4.69. The Morgan fingerprint density at radius 3 is 2.46 bits per heavy atom. The second-order valence-corrected chi connectivity index (χ2v) is 4.33. The molecule has 1 unspecified atom stereocenters. The van der Waals surface area contributed by atoms with Crippen molar-refractivity contribution in [3.63, 3.8) is 0 Å². The van der Waals surface area contributed by atoms with E-state index in [0.29, 0.717) is 6.42 Å². The fourth-order valence-corrected chi connectivity index (χ4v) is 1.58. The van der Waals surface area contributed by atoms with Crippen LogP contribution in [0, 0.1) is 0 Å². The average Bonchev–Trinajstić information content (AvgIpc) is 2.67. The molecule has 2 aliphatic heterocycles. The Labute approximate surface area is 78.3 Å². The summed E-state index contributed by atoms with van der Waals surface area (Å²) < 4.78 is 10.2. The van der Waals surface area contributed by atoms with Crippen LogP contribution < -0.4 is 0 Å². The topological polar surface area (TPSA) is 45.3 Å². The van der Waals surface area contributed by atoms with Gasteiger partial charge in [-0.15, -0.1) is 0 Å². The van der Waals surface area contributed by atoms with Crippen LogP contribution >= 0.6 is 0 Å². The number of hydrogen-bond acceptors (Lipinski definition) is 3. The summed E-state index contributed by atoms with van der Waals surface area (Å²) in [5.74, 6) is -0.623. The molecular formula is C10H16O3. The molecule has 3 nitrogen and oxygen atoms in total. The fraction of sp³-hybridized carbons (Fsp3) is 0.800. The van der Waals surface area contributed by atoms with E-state index < -0.39 is 11.4 Å². The average molecular weight is 184 g/mol. The van der Waals surface area contributed by atoms with Crippen LogP contribution in [0.2, 0.25) is 0 Å². The van der Waals surface area contributed by atoms with Crippen LogP contribution in [-0.2, 0) is 9.47 Å². The molecule has 0 aromatic carbocycles. The van der Waals surface area contributed by atoms with Gasteiger partial charge in [0.2, 0.25) is 6.29 Å². The lowest BCUT2D eigenvalue weighted by Gasteiger charge is -2.22. The van der Waals surface area contributed by atoms with Gasteiger partial charge in [-0.3, -0.25) is 0 Å². The maximum absolute atomic E-state index is 9.99. The van der Waals surface area contributed by atoms with Crippen molar-refractivity contribution in [2.45, 2.75) is 51.3 Å². The third kappa shape index (κ3) is 1.41. The summed E-state index contributed by atoms with van der Waals surface area (Å²) in [6, 6.07) is 0. The SMILES string of the molecule is CC(C)=CCCC(C)(O)C12OC1O2. The molecule has 2 fully saturated rings. The fourth-order valence-electron chi connectivity index (χ4n) is 1.58. The number of hydrogen-bond donors (Lipinski definition) is 1. The number of allylic oxidation sites excluding steroid dienone is 2. The molecule has 0 amide bonds. The van der Waals surface area contributed by atoms with Gasteiger partial charge in [0.25, 0.3) is 5.79 Å².